The Bertz CT molecular complexity index is 1000. The molecule has 1 fully saturated rings. The fraction of sp³-hybridized carbons (Fsp3) is 0.304. The molecule has 2 aromatic carbocycles. The first-order chi connectivity index (χ1) is 14.8. The van der Waals surface area contributed by atoms with Gasteiger partial charge in [0.2, 0.25) is 5.91 Å². The van der Waals surface area contributed by atoms with Gasteiger partial charge in [0.1, 0.15) is 5.75 Å². The summed E-state index contributed by atoms with van der Waals surface area (Å²) < 4.78 is 0. The summed E-state index contributed by atoms with van der Waals surface area (Å²) in [6.07, 6.45) is 3.40. The minimum atomic E-state index is -0.261. The maximum absolute atomic E-state index is 13.3. The molecule has 8 heteroatoms. The number of carbonyl (C=O) groups is 2. The minimum Gasteiger partial charge on any atom is -0.508 e. The van der Waals surface area contributed by atoms with Gasteiger partial charge in [-0.15, -0.1) is 0 Å². The summed E-state index contributed by atoms with van der Waals surface area (Å²) in [5.74, 6) is -0.418. The van der Waals surface area contributed by atoms with Crippen LogP contribution in [0.4, 0.5) is 0 Å². The fourth-order valence-corrected chi connectivity index (χ4v) is 4.01. The van der Waals surface area contributed by atoms with E-state index >= 15 is 0 Å². The molecule has 0 spiro atoms. The highest BCUT2D eigenvalue weighted by molar-refractivity contribution is 6.37. The van der Waals surface area contributed by atoms with Crippen LogP contribution in [-0.4, -0.2) is 78.4 Å². The molecule has 6 nitrogen and oxygen atoms in total. The van der Waals surface area contributed by atoms with E-state index in [-0.39, 0.29) is 28.1 Å². The number of hydrogen-bond donors (Lipinski definition) is 1. The number of hydrogen-bond acceptors (Lipinski definition) is 4. The number of piperazine rings is 1. The zero-order chi connectivity index (χ0) is 22.5. The maximum Gasteiger partial charge on any atom is 0.254 e. The van der Waals surface area contributed by atoms with Crippen LogP contribution in [-0.2, 0) is 4.79 Å². The summed E-state index contributed by atoms with van der Waals surface area (Å²) in [5.41, 5.74) is 1.39. The number of amides is 2. The quantitative estimate of drug-likeness (QED) is 0.688. The molecule has 0 aromatic heterocycles. The van der Waals surface area contributed by atoms with Crippen LogP contribution in [0.25, 0.3) is 11.1 Å². The lowest BCUT2D eigenvalue weighted by atomic mass is 9.98. The summed E-state index contributed by atoms with van der Waals surface area (Å²) in [7, 11) is 3.87. The number of nitrogens with zero attached hydrogens (tertiary/aromatic N) is 3. The molecule has 1 aliphatic rings. The number of phenolic OH excluding ortho intramolecular Hbond substituents is 1. The average molecular weight is 462 g/mol. The number of halogens is 2. The van der Waals surface area contributed by atoms with Crippen LogP contribution in [0, 0.1) is 0 Å². The Labute approximate surface area is 192 Å². The molecule has 0 atom stereocenters. The number of benzene rings is 2. The third-order valence-corrected chi connectivity index (χ3v) is 5.69. The Morgan fingerprint density at radius 2 is 1.68 bits per heavy atom. The highest BCUT2D eigenvalue weighted by Gasteiger charge is 2.27. The summed E-state index contributed by atoms with van der Waals surface area (Å²) >= 11 is 12.8. The SMILES string of the molecule is CN(C)C/C=C/C(=O)N1CCN(C(=O)c2cc(O)cc(Cl)c2-c2ccccc2Cl)CC1. The van der Waals surface area contributed by atoms with Gasteiger partial charge in [0, 0.05) is 54.9 Å². The second kappa shape index (κ2) is 10.2. The first kappa shape index (κ1) is 23.1. The van der Waals surface area contributed by atoms with Crippen LogP contribution in [0.1, 0.15) is 10.4 Å². The lowest BCUT2D eigenvalue weighted by Crippen LogP contribution is -2.50. The first-order valence-corrected chi connectivity index (χ1v) is 10.7. The molecule has 1 N–H and O–H groups in total. The minimum absolute atomic E-state index is 0.0638. The molecule has 164 valence electrons. The summed E-state index contributed by atoms with van der Waals surface area (Å²) in [6, 6.07) is 9.93. The molecular formula is C23H25Cl2N3O3. The van der Waals surface area contributed by atoms with Crippen molar-refractivity contribution in [2.24, 2.45) is 0 Å². The van der Waals surface area contributed by atoms with Crippen molar-refractivity contribution in [1.82, 2.24) is 14.7 Å². The third kappa shape index (κ3) is 5.58. The molecule has 0 bridgehead atoms. The smallest absolute Gasteiger partial charge is 0.254 e. The second-order valence-corrected chi connectivity index (χ2v) is 8.43. The number of aromatic hydroxyl groups is 1. The fourth-order valence-electron chi connectivity index (χ4n) is 3.47. The largest absolute Gasteiger partial charge is 0.508 e. The van der Waals surface area contributed by atoms with Crippen LogP contribution in [0.15, 0.2) is 48.6 Å². The zero-order valence-corrected chi connectivity index (χ0v) is 19.0. The van der Waals surface area contributed by atoms with Gasteiger partial charge in [0.05, 0.1) is 10.6 Å². The predicted octanol–water partition coefficient (Wildman–Crippen LogP) is 3.77. The van der Waals surface area contributed by atoms with E-state index in [1.54, 1.807) is 34.1 Å². The maximum atomic E-state index is 13.3. The van der Waals surface area contributed by atoms with Crippen LogP contribution < -0.4 is 0 Å². The van der Waals surface area contributed by atoms with Crippen molar-refractivity contribution in [1.29, 1.82) is 0 Å². The van der Waals surface area contributed by atoms with Crippen molar-refractivity contribution in [2.45, 2.75) is 0 Å². The lowest BCUT2D eigenvalue weighted by molar-refractivity contribution is -0.127. The molecule has 0 aliphatic carbocycles. The van der Waals surface area contributed by atoms with E-state index in [1.807, 2.05) is 31.1 Å². The Hall–Kier alpha value is -2.54. The lowest BCUT2D eigenvalue weighted by Gasteiger charge is -2.34. The first-order valence-electron chi connectivity index (χ1n) is 9.94. The van der Waals surface area contributed by atoms with Gasteiger partial charge in [-0.25, -0.2) is 0 Å². The number of carbonyl (C=O) groups excluding carboxylic acids is 2. The van der Waals surface area contributed by atoms with Gasteiger partial charge in [-0.1, -0.05) is 47.5 Å². The predicted molar refractivity (Wildman–Crippen MR) is 124 cm³/mol. The van der Waals surface area contributed by atoms with Crippen molar-refractivity contribution in [3.05, 3.63) is 64.2 Å². The van der Waals surface area contributed by atoms with Crippen molar-refractivity contribution < 1.29 is 14.7 Å². The highest BCUT2D eigenvalue weighted by Crippen LogP contribution is 2.38. The molecule has 1 saturated heterocycles. The Kier molecular flexibility index (Phi) is 7.59. The molecule has 1 heterocycles. The van der Waals surface area contributed by atoms with Gasteiger partial charge in [0.15, 0.2) is 0 Å². The zero-order valence-electron chi connectivity index (χ0n) is 17.5. The van der Waals surface area contributed by atoms with E-state index in [0.717, 1.165) is 0 Å². The van der Waals surface area contributed by atoms with Gasteiger partial charge in [-0.3, -0.25) is 9.59 Å². The summed E-state index contributed by atoms with van der Waals surface area (Å²) in [4.78, 5) is 31.0. The van der Waals surface area contributed by atoms with Gasteiger partial charge in [-0.2, -0.15) is 0 Å². The van der Waals surface area contributed by atoms with Crippen molar-refractivity contribution in [2.75, 3.05) is 46.8 Å². The normalized spacial score (nSPS) is 14.5. The van der Waals surface area contributed by atoms with Crippen LogP contribution in [0.5, 0.6) is 5.75 Å². The van der Waals surface area contributed by atoms with Crippen molar-refractivity contribution in [3.63, 3.8) is 0 Å². The van der Waals surface area contributed by atoms with Gasteiger partial charge >= 0.3 is 0 Å². The molecule has 0 saturated carbocycles. The Morgan fingerprint density at radius 1 is 1.03 bits per heavy atom. The second-order valence-electron chi connectivity index (χ2n) is 7.61. The molecule has 0 unspecified atom stereocenters. The third-order valence-electron chi connectivity index (χ3n) is 5.06. The molecule has 2 amide bonds. The Morgan fingerprint density at radius 3 is 2.32 bits per heavy atom. The van der Waals surface area contributed by atoms with E-state index in [0.29, 0.717) is 48.9 Å². The average Bonchev–Trinajstić information content (AvgIpc) is 2.73. The molecule has 3 rings (SSSR count). The highest BCUT2D eigenvalue weighted by atomic mass is 35.5. The van der Waals surface area contributed by atoms with Crippen LogP contribution in [0.3, 0.4) is 0 Å². The molecule has 31 heavy (non-hydrogen) atoms. The summed E-state index contributed by atoms with van der Waals surface area (Å²) in [5, 5.41) is 10.8. The van der Waals surface area contributed by atoms with E-state index in [2.05, 4.69) is 0 Å². The van der Waals surface area contributed by atoms with Gasteiger partial charge in [-0.05, 0) is 32.3 Å². The van der Waals surface area contributed by atoms with E-state index in [1.165, 1.54) is 12.1 Å². The van der Waals surface area contributed by atoms with Crippen molar-refractivity contribution in [3.8, 4) is 16.9 Å². The van der Waals surface area contributed by atoms with Crippen LogP contribution in [0.2, 0.25) is 10.0 Å². The van der Waals surface area contributed by atoms with Crippen molar-refractivity contribution >= 4 is 35.0 Å². The van der Waals surface area contributed by atoms with E-state index < -0.39 is 0 Å². The van der Waals surface area contributed by atoms with E-state index in [4.69, 9.17) is 23.2 Å². The van der Waals surface area contributed by atoms with Gasteiger partial charge < -0.3 is 19.8 Å². The topological polar surface area (TPSA) is 64.1 Å². The number of likely N-dealkylation sites (N-methyl/N-ethyl adjacent to an activating group) is 1. The molecular weight excluding hydrogens is 437 g/mol. The molecule has 0 radical (unpaired) electrons. The summed E-state index contributed by atoms with van der Waals surface area (Å²) in [6.45, 7) is 2.34. The van der Waals surface area contributed by atoms with E-state index in [9.17, 15) is 14.7 Å². The molecule has 1 aliphatic heterocycles. The monoisotopic (exact) mass is 461 g/mol. The number of rotatable bonds is 5. The van der Waals surface area contributed by atoms with Gasteiger partial charge in [0.25, 0.3) is 5.91 Å². The Balaban J connectivity index is 1.78. The van der Waals surface area contributed by atoms with Crippen LogP contribution >= 0.6 is 23.2 Å². The standard InChI is InChI=1S/C23H25Cl2N3O3/c1-26(2)9-5-8-21(30)27-10-12-28(13-11-27)23(31)18-14-16(29)15-20(25)22(18)17-6-3-4-7-19(17)24/h3-8,14-15,29H,9-13H2,1-2H3/b8-5+. The number of phenols is 1. The molecule has 2 aromatic rings.